The zero-order chi connectivity index (χ0) is 31.3. The molecule has 0 fully saturated rings. The van der Waals surface area contributed by atoms with Crippen LogP contribution in [0.1, 0.15) is 25.0 Å². The van der Waals surface area contributed by atoms with Crippen LogP contribution in [-0.2, 0) is 5.41 Å². The fraction of sp³-hybridized carbons (Fsp3) is 0.0638. The molecule has 0 radical (unpaired) electrons. The van der Waals surface area contributed by atoms with Gasteiger partial charge in [-0.25, -0.2) is 0 Å². The van der Waals surface area contributed by atoms with Gasteiger partial charge in [0.1, 0.15) is 0 Å². The lowest BCUT2D eigenvalue weighted by Gasteiger charge is -2.23. The van der Waals surface area contributed by atoms with Crippen molar-refractivity contribution in [2.75, 3.05) is 0 Å². The Hall–Kier alpha value is -5.72. The Labute approximate surface area is 274 Å². The molecule has 0 nitrogen and oxygen atoms in total. The molecule has 0 aliphatic heterocycles. The minimum absolute atomic E-state index is 0.0501. The van der Waals surface area contributed by atoms with Crippen molar-refractivity contribution < 1.29 is 0 Å². The summed E-state index contributed by atoms with van der Waals surface area (Å²) in [4.78, 5) is 0. The van der Waals surface area contributed by atoms with Crippen LogP contribution in [0.2, 0.25) is 0 Å². The molecule has 1 aliphatic rings. The maximum absolute atomic E-state index is 2.47. The molecular formula is C47H32. The predicted molar refractivity (Wildman–Crippen MR) is 202 cm³/mol. The Morgan fingerprint density at radius 1 is 0.340 bits per heavy atom. The molecule has 0 saturated heterocycles. The Kier molecular flexibility index (Phi) is 5.44. The molecule has 47 heavy (non-hydrogen) atoms. The van der Waals surface area contributed by atoms with Crippen molar-refractivity contribution >= 4 is 53.9 Å². The van der Waals surface area contributed by atoms with E-state index in [4.69, 9.17) is 0 Å². The number of hydrogen-bond acceptors (Lipinski definition) is 0. The zero-order valence-electron chi connectivity index (χ0n) is 26.5. The van der Waals surface area contributed by atoms with Crippen LogP contribution < -0.4 is 0 Å². The molecule has 0 atom stereocenters. The van der Waals surface area contributed by atoms with Gasteiger partial charge in [0.25, 0.3) is 0 Å². The van der Waals surface area contributed by atoms with Gasteiger partial charge >= 0.3 is 0 Å². The number of fused-ring (bicyclic) bond motifs is 10. The van der Waals surface area contributed by atoms with E-state index in [2.05, 4.69) is 172 Å². The molecule has 0 N–H and O–H groups in total. The van der Waals surface area contributed by atoms with Crippen molar-refractivity contribution in [3.8, 4) is 33.4 Å². The van der Waals surface area contributed by atoms with E-state index in [9.17, 15) is 0 Å². The molecule has 0 bridgehead atoms. The van der Waals surface area contributed by atoms with E-state index < -0.39 is 0 Å². The average Bonchev–Trinajstić information content (AvgIpc) is 3.35. The van der Waals surface area contributed by atoms with Gasteiger partial charge in [0.05, 0.1) is 0 Å². The first-order valence-electron chi connectivity index (χ1n) is 16.6. The zero-order valence-corrected chi connectivity index (χ0v) is 26.5. The van der Waals surface area contributed by atoms with E-state index in [1.807, 2.05) is 0 Å². The highest BCUT2D eigenvalue weighted by atomic mass is 14.4. The molecule has 0 spiro atoms. The van der Waals surface area contributed by atoms with Crippen LogP contribution in [0.5, 0.6) is 0 Å². The van der Waals surface area contributed by atoms with Gasteiger partial charge in [-0.15, -0.1) is 0 Å². The molecular weight excluding hydrogens is 565 g/mol. The van der Waals surface area contributed by atoms with Crippen LogP contribution in [0, 0.1) is 0 Å². The normalized spacial score (nSPS) is 13.5. The van der Waals surface area contributed by atoms with Crippen molar-refractivity contribution in [1.82, 2.24) is 0 Å². The van der Waals surface area contributed by atoms with Crippen LogP contribution in [-0.4, -0.2) is 0 Å². The lowest BCUT2D eigenvalue weighted by Crippen LogP contribution is -2.14. The lowest BCUT2D eigenvalue weighted by atomic mass is 9.80. The second-order valence-electron chi connectivity index (χ2n) is 13.7. The SMILES string of the molecule is CC1(C)c2ccccc2-c2ccc(-c3c4ccccc4c(-c4ccc5ccc6ccc7ccccc7c6c5c4)c4ccccc34)cc21. The van der Waals surface area contributed by atoms with Crippen LogP contribution >= 0.6 is 0 Å². The molecule has 0 heteroatoms. The van der Waals surface area contributed by atoms with Gasteiger partial charge in [-0.1, -0.05) is 159 Å². The van der Waals surface area contributed by atoms with Gasteiger partial charge < -0.3 is 0 Å². The highest BCUT2D eigenvalue weighted by Gasteiger charge is 2.35. The second kappa shape index (κ2) is 9.64. The maximum Gasteiger partial charge on any atom is 0.0159 e. The van der Waals surface area contributed by atoms with Gasteiger partial charge in [-0.2, -0.15) is 0 Å². The fourth-order valence-electron chi connectivity index (χ4n) is 8.59. The maximum atomic E-state index is 2.47. The van der Waals surface area contributed by atoms with Crippen molar-refractivity contribution in [2.45, 2.75) is 19.3 Å². The Bertz CT molecular complexity index is 2700. The third-order valence-electron chi connectivity index (χ3n) is 10.8. The smallest absolute Gasteiger partial charge is 0.0159 e. The summed E-state index contributed by atoms with van der Waals surface area (Å²) in [6, 6.07) is 59.0. The monoisotopic (exact) mass is 596 g/mol. The summed E-state index contributed by atoms with van der Waals surface area (Å²) >= 11 is 0. The van der Waals surface area contributed by atoms with Crippen molar-refractivity contribution in [2.24, 2.45) is 0 Å². The highest BCUT2D eigenvalue weighted by molar-refractivity contribution is 6.24. The predicted octanol–water partition coefficient (Wildman–Crippen LogP) is 13.1. The topological polar surface area (TPSA) is 0 Å². The Balaban J connectivity index is 1.27. The number of hydrogen-bond donors (Lipinski definition) is 0. The third kappa shape index (κ3) is 3.70. The molecule has 0 heterocycles. The van der Waals surface area contributed by atoms with Gasteiger partial charge in [-0.3, -0.25) is 0 Å². The van der Waals surface area contributed by atoms with E-state index in [1.54, 1.807) is 0 Å². The van der Waals surface area contributed by atoms with Crippen LogP contribution in [0.25, 0.3) is 87.2 Å². The van der Waals surface area contributed by atoms with E-state index in [0.29, 0.717) is 0 Å². The fourth-order valence-corrected chi connectivity index (χ4v) is 8.59. The van der Waals surface area contributed by atoms with E-state index in [0.717, 1.165) is 0 Å². The molecule has 10 rings (SSSR count). The third-order valence-corrected chi connectivity index (χ3v) is 10.8. The molecule has 0 aromatic heterocycles. The summed E-state index contributed by atoms with van der Waals surface area (Å²) in [6.45, 7) is 4.74. The summed E-state index contributed by atoms with van der Waals surface area (Å²) in [5.41, 5.74) is 10.6. The van der Waals surface area contributed by atoms with E-state index in [1.165, 1.54) is 98.4 Å². The molecule has 0 amide bonds. The highest BCUT2D eigenvalue weighted by Crippen LogP contribution is 2.51. The molecule has 220 valence electrons. The largest absolute Gasteiger partial charge is 0.0619 e. The first kappa shape index (κ1) is 26.5. The first-order valence-corrected chi connectivity index (χ1v) is 16.6. The summed E-state index contributed by atoms with van der Waals surface area (Å²) in [5, 5.41) is 12.9. The van der Waals surface area contributed by atoms with Gasteiger partial charge in [0.15, 0.2) is 0 Å². The van der Waals surface area contributed by atoms with Crippen molar-refractivity contribution in [3.63, 3.8) is 0 Å². The summed E-state index contributed by atoms with van der Waals surface area (Å²) in [5.74, 6) is 0. The Morgan fingerprint density at radius 2 is 0.809 bits per heavy atom. The molecule has 0 unspecified atom stereocenters. The van der Waals surface area contributed by atoms with Crippen LogP contribution in [0.15, 0.2) is 158 Å². The molecule has 9 aromatic carbocycles. The Morgan fingerprint density at radius 3 is 1.49 bits per heavy atom. The minimum atomic E-state index is -0.0501. The van der Waals surface area contributed by atoms with Gasteiger partial charge in [-0.05, 0) is 111 Å². The number of benzene rings is 9. The second-order valence-corrected chi connectivity index (χ2v) is 13.7. The van der Waals surface area contributed by atoms with E-state index in [-0.39, 0.29) is 5.41 Å². The number of rotatable bonds is 2. The van der Waals surface area contributed by atoms with Crippen molar-refractivity contribution in [3.05, 3.63) is 169 Å². The van der Waals surface area contributed by atoms with Crippen LogP contribution in [0.4, 0.5) is 0 Å². The standard InChI is InChI=1S/C47H32/c1-47(2)42-18-10-9-13-35(42)36-26-25-33(28-43(36)47)46-39-16-7-5-14-37(39)45(38-15-6-8-17-40(38)46)32-24-21-30-20-23-31-22-19-29-11-3-4-12-34(29)44(31)41(30)27-32/h3-28H,1-2H3. The van der Waals surface area contributed by atoms with Crippen LogP contribution in [0.3, 0.4) is 0 Å². The quantitative estimate of drug-likeness (QED) is 0.138. The van der Waals surface area contributed by atoms with Gasteiger partial charge in [0, 0.05) is 5.41 Å². The summed E-state index contributed by atoms with van der Waals surface area (Å²) < 4.78 is 0. The summed E-state index contributed by atoms with van der Waals surface area (Å²) in [6.07, 6.45) is 0. The molecule has 9 aromatic rings. The molecule has 0 saturated carbocycles. The van der Waals surface area contributed by atoms with Crippen molar-refractivity contribution in [1.29, 1.82) is 0 Å². The first-order chi connectivity index (χ1) is 23.1. The summed E-state index contributed by atoms with van der Waals surface area (Å²) in [7, 11) is 0. The minimum Gasteiger partial charge on any atom is -0.0619 e. The van der Waals surface area contributed by atoms with E-state index >= 15 is 0 Å². The lowest BCUT2D eigenvalue weighted by molar-refractivity contribution is 0.660. The van der Waals surface area contributed by atoms with Gasteiger partial charge in [0.2, 0.25) is 0 Å². The molecule has 1 aliphatic carbocycles. The average molecular weight is 597 g/mol.